The molecular weight excluding hydrogens is 386 g/mol. The van der Waals surface area contributed by atoms with E-state index in [9.17, 15) is 4.79 Å². The second-order valence-electron chi connectivity index (χ2n) is 9.63. The summed E-state index contributed by atoms with van der Waals surface area (Å²) < 4.78 is 0. The Bertz CT molecular complexity index is 1100. The first kappa shape index (κ1) is 20.0. The van der Waals surface area contributed by atoms with Gasteiger partial charge in [0.1, 0.15) is 5.69 Å². The van der Waals surface area contributed by atoms with Gasteiger partial charge in [-0.1, -0.05) is 25.2 Å². The molecule has 6 nitrogen and oxygen atoms in total. The van der Waals surface area contributed by atoms with E-state index in [-0.39, 0.29) is 11.3 Å². The topological polar surface area (TPSA) is 81.2 Å². The number of fused-ring (bicyclic) bond motifs is 1. The number of nitrogens with two attached hydrogens (primary N) is 1. The number of amides is 1. The van der Waals surface area contributed by atoms with Crippen molar-refractivity contribution < 1.29 is 4.79 Å². The van der Waals surface area contributed by atoms with Crippen LogP contribution in [0.5, 0.6) is 0 Å². The number of hydrogen-bond donors (Lipinski definition) is 3. The lowest BCUT2D eigenvalue weighted by molar-refractivity contribution is 0.0735. The third kappa shape index (κ3) is 4.16. The molecule has 1 amide bonds. The summed E-state index contributed by atoms with van der Waals surface area (Å²) >= 11 is 0. The maximum absolute atomic E-state index is 13.1. The Hall–Kier alpha value is -2.89. The fourth-order valence-corrected chi connectivity index (χ4v) is 5.06. The van der Waals surface area contributed by atoms with E-state index in [1.807, 2.05) is 4.90 Å². The van der Waals surface area contributed by atoms with E-state index in [4.69, 9.17) is 5.73 Å². The van der Waals surface area contributed by atoms with Crippen molar-refractivity contribution in [3.8, 4) is 0 Å². The quantitative estimate of drug-likeness (QED) is 0.654. The fraction of sp³-hybridized carbons (Fsp3) is 0.480. The molecule has 31 heavy (non-hydrogen) atoms. The number of nitrogens with one attached hydrogen (secondary N) is 2. The molecule has 1 saturated heterocycles. The molecule has 3 heterocycles. The molecule has 0 aromatic carbocycles. The Morgan fingerprint density at radius 3 is 2.87 bits per heavy atom. The van der Waals surface area contributed by atoms with Crippen LogP contribution in [-0.4, -0.2) is 51.9 Å². The van der Waals surface area contributed by atoms with E-state index >= 15 is 0 Å². The Balaban J connectivity index is 1.46. The zero-order valence-electron chi connectivity index (χ0n) is 18.4. The number of carbonyl (C=O) groups excluding carboxylic acids is 1. The lowest BCUT2D eigenvalue weighted by Gasteiger charge is -2.28. The molecule has 0 bridgehead atoms. The Labute approximate surface area is 183 Å². The van der Waals surface area contributed by atoms with Gasteiger partial charge >= 0.3 is 0 Å². The SMILES string of the molecule is CC1C=CCCC(N2CCN(C(=O)c3cc(N)c[nH]3)CC3(CC3)C2)=c2cc[nH]c2=CC1. The highest BCUT2D eigenvalue weighted by atomic mass is 16.2. The van der Waals surface area contributed by atoms with E-state index in [0.717, 1.165) is 45.4 Å². The van der Waals surface area contributed by atoms with E-state index in [1.54, 1.807) is 12.3 Å². The van der Waals surface area contributed by atoms with E-state index in [0.29, 0.717) is 17.3 Å². The molecule has 0 radical (unpaired) electrons. The third-order valence-corrected chi connectivity index (χ3v) is 7.05. The Kier molecular flexibility index (Phi) is 5.16. The molecule has 164 valence electrons. The second kappa shape index (κ2) is 7.98. The molecule has 2 aromatic rings. The van der Waals surface area contributed by atoms with Crippen LogP contribution in [0.1, 0.15) is 49.5 Å². The predicted octanol–water partition coefficient (Wildman–Crippen LogP) is 2.43. The van der Waals surface area contributed by atoms with Crippen molar-refractivity contribution in [2.75, 3.05) is 31.9 Å². The van der Waals surface area contributed by atoms with Crippen molar-refractivity contribution in [2.24, 2.45) is 11.3 Å². The average molecular weight is 420 g/mol. The molecule has 5 rings (SSSR count). The summed E-state index contributed by atoms with van der Waals surface area (Å²) in [6, 6.07) is 3.97. The minimum absolute atomic E-state index is 0.0633. The highest BCUT2D eigenvalue weighted by Gasteiger charge is 2.48. The highest BCUT2D eigenvalue weighted by Crippen LogP contribution is 2.48. The number of anilines is 1. The van der Waals surface area contributed by atoms with Crippen LogP contribution >= 0.6 is 0 Å². The molecule has 1 unspecified atom stereocenters. The summed E-state index contributed by atoms with van der Waals surface area (Å²) in [5, 5.41) is 2.57. The number of nitrogen functional groups attached to an aromatic ring is 1. The minimum atomic E-state index is 0.0633. The van der Waals surface area contributed by atoms with Crippen LogP contribution in [0.4, 0.5) is 5.69 Å². The first-order valence-electron chi connectivity index (χ1n) is 11.5. The van der Waals surface area contributed by atoms with E-state index in [2.05, 4.69) is 52.3 Å². The van der Waals surface area contributed by atoms with Gasteiger partial charge in [-0.2, -0.15) is 0 Å². The molecule has 1 atom stereocenters. The van der Waals surface area contributed by atoms with Gasteiger partial charge in [0.25, 0.3) is 5.91 Å². The van der Waals surface area contributed by atoms with Crippen molar-refractivity contribution in [2.45, 2.75) is 39.0 Å². The molecule has 1 aliphatic heterocycles. The second-order valence-corrected chi connectivity index (χ2v) is 9.63. The largest absolute Gasteiger partial charge is 0.397 e. The summed E-state index contributed by atoms with van der Waals surface area (Å²) in [5.74, 6) is 0.626. The lowest BCUT2D eigenvalue weighted by atomic mass is 10.0. The van der Waals surface area contributed by atoms with Gasteiger partial charge in [0.05, 0.1) is 0 Å². The summed E-state index contributed by atoms with van der Waals surface area (Å²) in [6.07, 6.45) is 16.3. The molecule has 4 N–H and O–H groups in total. The van der Waals surface area contributed by atoms with E-state index < -0.39 is 0 Å². The van der Waals surface area contributed by atoms with Crippen molar-refractivity contribution in [1.29, 1.82) is 0 Å². The molecule has 3 aliphatic rings. The van der Waals surface area contributed by atoms with Gasteiger partial charge in [-0.05, 0) is 50.2 Å². The van der Waals surface area contributed by atoms with Gasteiger partial charge < -0.3 is 25.5 Å². The van der Waals surface area contributed by atoms with Crippen molar-refractivity contribution in [3.63, 3.8) is 0 Å². The normalized spacial score (nSPS) is 23.3. The molecule has 2 aliphatic carbocycles. The maximum Gasteiger partial charge on any atom is 0.270 e. The minimum Gasteiger partial charge on any atom is -0.397 e. The number of rotatable bonds is 2. The van der Waals surface area contributed by atoms with Gasteiger partial charge in [-0.15, -0.1) is 0 Å². The fourth-order valence-electron chi connectivity index (χ4n) is 5.06. The number of nitrogens with zero attached hydrogens (tertiary/aromatic N) is 2. The molecule has 2 aromatic heterocycles. The Morgan fingerprint density at radius 2 is 2.10 bits per heavy atom. The van der Waals surface area contributed by atoms with E-state index in [1.165, 1.54) is 29.1 Å². The van der Waals surface area contributed by atoms with Crippen LogP contribution in [0.2, 0.25) is 0 Å². The standard InChI is InChI=1S/C25H33N5O/c1-18-4-2-3-5-23(20-8-11-27-21(20)7-6-18)29-12-13-30(17-25(16-29)9-10-25)24(31)22-14-19(26)15-28-22/h2,4,7-8,11,14-15,18,27-28H,3,5-6,9-10,12-13,16-17,26H2,1H3. The Morgan fingerprint density at radius 1 is 1.23 bits per heavy atom. The number of H-pyrrole nitrogens is 2. The predicted molar refractivity (Wildman–Crippen MR) is 124 cm³/mol. The van der Waals surface area contributed by atoms with Gasteiger partial charge in [0.15, 0.2) is 0 Å². The zero-order valence-corrected chi connectivity index (χ0v) is 18.4. The van der Waals surface area contributed by atoms with Crippen molar-refractivity contribution >= 4 is 23.4 Å². The zero-order chi connectivity index (χ0) is 21.4. The highest BCUT2D eigenvalue weighted by molar-refractivity contribution is 5.93. The summed E-state index contributed by atoms with van der Waals surface area (Å²) in [5.41, 5.74) is 8.67. The number of aromatic amines is 2. The van der Waals surface area contributed by atoms with Crippen LogP contribution in [-0.2, 0) is 0 Å². The van der Waals surface area contributed by atoms with Gasteiger partial charge in [-0.3, -0.25) is 4.79 Å². The van der Waals surface area contributed by atoms with Crippen LogP contribution in [0.3, 0.4) is 0 Å². The first-order chi connectivity index (χ1) is 15.0. The average Bonchev–Trinajstić information content (AvgIpc) is 3.18. The van der Waals surface area contributed by atoms with Crippen molar-refractivity contribution in [1.82, 2.24) is 19.8 Å². The molecular formula is C25H33N5O. The molecule has 1 saturated carbocycles. The summed E-state index contributed by atoms with van der Waals surface area (Å²) in [7, 11) is 0. The van der Waals surface area contributed by atoms with Crippen LogP contribution in [0.25, 0.3) is 11.8 Å². The number of allylic oxidation sites excluding steroid dienone is 2. The van der Waals surface area contributed by atoms with Gasteiger partial charge in [0.2, 0.25) is 0 Å². The third-order valence-electron chi connectivity index (χ3n) is 7.05. The van der Waals surface area contributed by atoms with Crippen LogP contribution in [0, 0.1) is 11.3 Å². The summed E-state index contributed by atoms with van der Waals surface area (Å²) in [4.78, 5) is 24.2. The molecule has 2 fully saturated rings. The molecule has 6 heteroatoms. The first-order valence-corrected chi connectivity index (χ1v) is 11.5. The lowest BCUT2D eigenvalue weighted by Crippen LogP contribution is -2.37. The summed E-state index contributed by atoms with van der Waals surface area (Å²) in [6.45, 7) is 5.74. The van der Waals surface area contributed by atoms with Crippen LogP contribution < -0.4 is 16.3 Å². The number of hydrogen-bond acceptors (Lipinski definition) is 3. The number of carbonyl (C=O) groups is 1. The maximum atomic E-state index is 13.1. The smallest absolute Gasteiger partial charge is 0.270 e. The molecule has 1 spiro atoms. The van der Waals surface area contributed by atoms with Crippen LogP contribution in [0.15, 0.2) is 36.7 Å². The van der Waals surface area contributed by atoms with Crippen molar-refractivity contribution in [3.05, 3.63) is 52.9 Å². The monoisotopic (exact) mass is 419 g/mol. The van der Waals surface area contributed by atoms with Gasteiger partial charge in [0, 0.05) is 65.9 Å². The van der Waals surface area contributed by atoms with Gasteiger partial charge in [-0.25, -0.2) is 0 Å². The number of aromatic nitrogens is 2.